The van der Waals surface area contributed by atoms with Crippen molar-refractivity contribution in [2.45, 2.75) is 19.4 Å². The summed E-state index contributed by atoms with van der Waals surface area (Å²) in [7, 11) is 0. The van der Waals surface area contributed by atoms with Gasteiger partial charge in [-0.25, -0.2) is 0 Å². The number of nitrogens with two attached hydrogens (primary N) is 1. The van der Waals surface area contributed by atoms with Crippen molar-refractivity contribution in [2.75, 3.05) is 6.61 Å². The highest BCUT2D eigenvalue weighted by molar-refractivity contribution is 9.10. The molecule has 0 fully saturated rings. The second-order valence-corrected chi connectivity index (χ2v) is 5.24. The average Bonchev–Trinajstić information content (AvgIpc) is 2.45. The average molecular weight is 320 g/mol. The molecule has 1 unspecified atom stereocenters. The third kappa shape index (κ3) is 3.37. The van der Waals surface area contributed by atoms with Crippen molar-refractivity contribution >= 4 is 15.9 Å². The Balaban J connectivity index is 2.33. The highest BCUT2D eigenvalue weighted by atomic mass is 79.9. The van der Waals surface area contributed by atoms with Crippen LogP contribution < -0.4 is 10.5 Å². The van der Waals surface area contributed by atoms with Crippen LogP contribution in [0.15, 0.2) is 53.0 Å². The zero-order valence-electron chi connectivity index (χ0n) is 11.0. The molecule has 0 aliphatic carbocycles. The first-order chi connectivity index (χ1) is 9.24. The van der Waals surface area contributed by atoms with E-state index < -0.39 is 0 Å². The molecule has 2 aromatic rings. The summed E-state index contributed by atoms with van der Waals surface area (Å²) in [5.41, 5.74) is 8.46. The third-order valence-corrected chi connectivity index (χ3v) is 3.68. The fraction of sp³-hybridized carbons (Fsp3) is 0.250. The van der Waals surface area contributed by atoms with Gasteiger partial charge in [-0.15, -0.1) is 0 Å². The maximum absolute atomic E-state index is 6.38. The molecule has 0 aromatic heterocycles. The second kappa shape index (κ2) is 6.73. The lowest BCUT2D eigenvalue weighted by atomic mass is 9.99. The summed E-state index contributed by atoms with van der Waals surface area (Å²) in [6.07, 6.45) is 0.985. The summed E-state index contributed by atoms with van der Waals surface area (Å²) in [5.74, 6) is 0.868. The predicted octanol–water partition coefficient (Wildman–Crippen LogP) is 4.29. The molecule has 2 aromatic carbocycles. The molecule has 0 bridgehead atoms. The first-order valence-corrected chi connectivity index (χ1v) is 7.25. The van der Waals surface area contributed by atoms with E-state index >= 15 is 0 Å². The molecule has 0 radical (unpaired) electrons. The van der Waals surface area contributed by atoms with Gasteiger partial charge < -0.3 is 10.5 Å². The molecule has 2 nitrogen and oxygen atoms in total. The molecule has 0 aliphatic heterocycles. The zero-order valence-corrected chi connectivity index (χ0v) is 12.6. The number of hydrogen-bond acceptors (Lipinski definition) is 2. The minimum atomic E-state index is -0.191. The molecule has 0 heterocycles. The number of rotatable bonds is 5. The van der Waals surface area contributed by atoms with Gasteiger partial charge in [-0.3, -0.25) is 0 Å². The van der Waals surface area contributed by atoms with Crippen molar-refractivity contribution in [1.29, 1.82) is 0 Å². The van der Waals surface area contributed by atoms with Gasteiger partial charge in [0.1, 0.15) is 5.75 Å². The van der Waals surface area contributed by atoms with Crippen LogP contribution in [0.2, 0.25) is 0 Å². The van der Waals surface area contributed by atoms with Crippen LogP contribution in [0.25, 0.3) is 0 Å². The van der Waals surface area contributed by atoms with Crippen LogP contribution in [0.5, 0.6) is 5.75 Å². The Bertz CT molecular complexity index is 542. The Kier molecular flexibility index (Phi) is 5.00. The summed E-state index contributed by atoms with van der Waals surface area (Å²) in [4.78, 5) is 0. The normalized spacial score (nSPS) is 12.2. The van der Waals surface area contributed by atoms with Gasteiger partial charge >= 0.3 is 0 Å². The molecular formula is C16H18BrNO. The second-order valence-electron chi connectivity index (χ2n) is 4.39. The van der Waals surface area contributed by atoms with Crippen LogP contribution >= 0.6 is 15.9 Å². The minimum Gasteiger partial charge on any atom is -0.493 e. The molecule has 1 atom stereocenters. The molecule has 2 N–H and O–H groups in total. The Morgan fingerprint density at radius 3 is 2.37 bits per heavy atom. The fourth-order valence-electron chi connectivity index (χ4n) is 1.98. The summed E-state index contributed by atoms with van der Waals surface area (Å²) < 4.78 is 6.79. The molecule has 2 rings (SSSR count). The molecule has 0 saturated carbocycles. The van der Waals surface area contributed by atoms with E-state index in [1.54, 1.807) is 0 Å². The van der Waals surface area contributed by atoms with Crippen LogP contribution in [0, 0.1) is 0 Å². The molecule has 19 heavy (non-hydrogen) atoms. The van der Waals surface area contributed by atoms with Crippen molar-refractivity contribution in [3.8, 4) is 5.75 Å². The maximum Gasteiger partial charge on any atom is 0.124 e. The lowest BCUT2D eigenvalue weighted by Gasteiger charge is -2.18. The van der Waals surface area contributed by atoms with Crippen molar-refractivity contribution in [3.63, 3.8) is 0 Å². The van der Waals surface area contributed by atoms with Crippen LogP contribution in [-0.4, -0.2) is 6.61 Å². The lowest BCUT2D eigenvalue weighted by Crippen LogP contribution is -2.14. The van der Waals surface area contributed by atoms with Gasteiger partial charge in [0, 0.05) is 10.0 Å². The molecule has 0 spiro atoms. The van der Waals surface area contributed by atoms with E-state index in [0.29, 0.717) is 6.61 Å². The Morgan fingerprint density at radius 1 is 1.05 bits per heavy atom. The van der Waals surface area contributed by atoms with Crippen molar-refractivity contribution in [2.24, 2.45) is 5.73 Å². The standard InChI is InChI=1S/C16H18BrNO/c1-2-11-19-15-10-6-4-8-13(15)16(18)12-7-3-5-9-14(12)17/h3-10,16H,2,11,18H2,1H3. The Hall–Kier alpha value is -1.32. The fourth-order valence-corrected chi connectivity index (χ4v) is 2.51. The zero-order chi connectivity index (χ0) is 13.7. The monoisotopic (exact) mass is 319 g/mol. The highest BCUT2D eigenvalue weighted by Crippen LogP contribution is 2.31. The van der Waals surface area contributed by atoms with E-state index in [4.69, 9.17) is 10.5 Å². The predicted molar refractivity (Wildman–Crippen MR) is 82.4 cm³/mol. The summed E-state index contributed by atoms with van der Waals surface area (Å²) in [5, 5.41) is 0. The summed E-state index contributed by atoms with van der Waals surface area (Å²) in [6.45, 7) is 2.80. The van der Waals surface area contributed by atoms with Crippen LogP contribution in [-0.2, 0) is 0 Å². The van der Waals surface area contributed by atoms with Gasteiger partial charge in [0.05, 0.1) is 12.6 Å². The third-order valence-electron chi connectivity index (χ3n) is 2.96. The molecule has 0 saturated heterocycles. The summed E-state index contributed by atoms with van der Waals surface area (Å²) in [6, 6.07) is 15.8. The quantitative estimate of drug-likeness (QED) is 0.892. The largest absolute Gasteiger partial charge is 0.493 e. The molecule has 0 amide bonds. The molecule has 3 heteroatoms. The SMILES string of the molecule is CCCOc1ccccc1C(N)c1ccccc1Br. The van der Waals surface area contributed by atoms with E-state index in [1.165, 1.54) is 0 Å². The minimum absolute atomic E-state index is 0.191. The highest BCUT2D eigenvalue weighted by Gasteiger charge is 2.15. The van der Waals surface area contributed by atoms with Gasteiger partial charge in [-0.2, -0.15) is 0 Å². The Morgan fingerprint density at radius 2 is 1.68 bits per heavy atom. The van der Waals surface area contributed by atoms with Gasteiger partial charge in [0.25, 0.3) is 0 Å². The Labute approximate surface area is 122 Å². The summed E-state index contributed by atoms with van der Waals surface area (Å²) >= 11 is 3.55. The van der Waals surface area contributed by atoms with Gasteiger partial charge in [0.2, 0.25) is 0 Å². The number of ether oxygens (including phenoxy) is 1. The van der Waals surface area contributed by atoms with Crippen molar-refractivity contribution < 1.29 is 4.74 Å². The van der Waals surface area contributed by atoms with Crippen molar-refractivity contribution in [3.05, 3.63) is 64.1 Å². The van der Waals surface area contributed by atoms with E-state index in [9.17, 15) is 0 Å². The maximum atomic E-state index is 6.38. The number of hydrogen-bond donors (Lipinski definition) is 1. The van der Waals surface area contributed by atoms with Gasteiger partial charge in [-0.05, 0) is 24.1 Å². The van der Waals surface area contributed by atoms with E-state index in [0.717, 1.165) is 27.8 Å². The lowest BCUT2D eigenvalue weighted by molar-refractivity contribution is 0.313. The molecular weight excluding hydrogens is 302 g/mol. The van der Waals surface area contributed by atoms with E-state index in [2.05, 4.69) is 22.9 Å². The van der Waals surface area contributed by atoms with Crippen LogP contribution in [0.1, 0.15) is 30.5 Å². The number of benzene rings is 2. The van der Waals surface area contributed by atoms with Crippen LogP contribution in [0.3, 0.4) is 0 Å². The molecule has 0 aliphatic rings. The van der Waals surface area contributed by atoms with E-state index in [-0.39, 0.29) is 6.04 Å². The number of para-hydroxylation sites is 1. The smallest absolute Gasteiger partial charge is 0.124 e. The van der Waals surface area contributed by atoms with E-state index in [1.807, 2.05) is 48.5 Å². The first kappa shape index (κ1) is 14.1. The first-order valence-electron chi connectivity index (χ1n) is 6.45. The number of halogens is 1. The van der Waals surface area contributed by atoms with Gasteiger partial charge in [0.15, 0.2) is 0 Å². The topological polar surface area (TPSA) is 35.2 Å². The van der Waals surface area contributed by atoms with Gasteiger partial charge in [-0.1, -0.05) is 59.3 Å². The molecule has 100 valence electrons. The van der Waals surface area contributed by atoms with Crippen LogP contribution in [0.4, 0.5) is 0 Å². The van der Waals surface area contributed by atoms with Crippen molar-refractivity contribution in [1.82, 2.24) is 0 Å².